The van der Waals surface area contributed by atoms with E-state index in [2.05, 4.69) is 4.74 Å². The molecule has 4 nitrogen and oxygen atoms in total. The molecule has 4 heteroatoms. The molecule has 0 unspecified atom stereocenters. The Morgan fingerprint density at radius 2 is 2.18 bits per heavy atom. The number of carboxylic acids is 1. The van der Waals surface area contributed by atoms with E-state index in [1.54, 1.807) is 13.8 Å². The van der Waals surface area contributed by atoms with Crippen molar-refractivity contribution in [2.24, 2.45) is 5.41 Å². The van der Waals surface area contributed by atoms with E-state index in [4.69, 9.17) is 5.11 Å². The maximum Gasteiger partial charge on any atom is 0.304 e. The monoisotopic (exact) mass is 160 g/mol. The lowest BCUT2D eigenvalue weighted by atomic mass is 9.91. The molecule has 11 heavy (non-hydrogen) atoms. The first-order valence-electron chi connectivity index (χ1n) is 3.25. The SMILES string of the molecule is CC(C)(COC=O)CC(=O)O. The average Bonchev–Trinajstić information content (AvgIpc) is 1.81. The standard InChI is InChI=1S/C7H12O4/c1-7(2,3-6(9)10)4-11-5-8/h5H,3-4H2,1-2H3,(H,9,10). The van der Waals surface area contributed by atoms with E-state index in [0.717, 1.165) is 0 Å². The van der Waals surface area contributed by atoms with Gasteiger partial charge in [0.15, 0.2) is 0 Å². The summed E-state index contributed by atoms with van der Waals surface area (Å²) >= 11 is 0. The molecule has 64 valence electrons. The molecule has 0 aromatic heterocycles. The van der Waals surface area contributed by atoms with Crippen LogP contribution in [0.25, 0.3) is 0 Å². The minimum atomic E-state index is -0.885. The van der Waals surface area contributed by atoms with Crippen LogP contribution in [0, 0.1) is 5.41 Å². The third-order valence-corrected chi connectivity index (χ3v) is 1.17. The summed E-state index contributed by atoms with van der Waals surface area (Å²) in [5, 5.41) is 8.40. The first kappa shape index (κ1) is 9.94. The molecule has 0 saturated carbocycles. The molecule has 0 aliphatic carbocycles. The van der Waals surface area contributed by atoms with Gasteiger partial charge in [0, 0.05) is 5.41 Å². The van der Waals surface area contributed by atoms with Gasteiger partial charge < -0.3 is 9.84 Å². The molecule has 0 spiro atoms. The van der Waals surface area contributed by atoms with Crippen LogP contribution >= 0.6 is 0 Å². The summed E-state index contributed by atoms with van der Waals surface area (Å²) in [6, 6.07) is 0. The highest BCUT2D eigenvalue weighted by Gasteiger charge is 2.22. The lowest BCUT2D eigenvalue weighted by Gasteiger charge is -2.19. The molecule has 0 aromatic carbocycles. The number of carbonyl (C=O) groups excluding carboxylic acids is 1. The maximum absolute atomic E-state index is 10.2. The van der Waals surface area contributed by atoms with Crippen molar-refractivity contribution in [1.82, 2.24) is 0 Å². The van der Waals surface area contributed by atoms with Crippen LogP contribution in [0.2, 0.25) is 0 Å². The van der Waals surface area contributed by atoms with Crippen LogP contribution in [0.1, 0.15) is 20.3 Å². The summed E-state index contributed by atoms with van der Waals surface area (Å²) in [5.41, 5.74) is -0.479. The summed E-state index contributed by atoms with van der Waals surface area (Å²) < 4.78 is 4.46. The summed E-state index contributed by atoms with van der Waals surface area (Å²) in [6.45, 7) is 3.92. The lowest BCUT2D eigenvalue weighted by Crippen LogP contribution is -2.22. The van der Waals surface area contributed by atoms with Crippen LogP contribution in [0.5, 0.6) is 0 Å². The van der Waals surface area contributed by atoms with Gasteiger partial charge in [-0.3, -0.25) is 9.59 Å². The second-order valence-electron chi connectivity index (χ2n) is 3.14. The normalized spacial score (nSPS) is 10.7. The predicted octanol–water partition coefficient (Wildman–Crippen LogP) is 0.660. The Morgan fingerprint density at radius 3 is 2.55 bits per heavy atom. The number of rotatable bonds is 5. The molecular formula is C7H12O4. The van der Waals surface area contributed by atoms with Gasteiger partial charge in [-0.25, -0.2) is 0 Å². The first-order chi connectivity index (χ1) is 4.98. The van der Waals surface area contributed by atoms with Gasteiger partial charge >= 0.3 is 5.97 Å². The van der Waals surface area contributed by atoms with Crippen LogP contribution < -0.4 is 0 Å². The van der Waals surface area contributed by atoms with Crippen molar-refractivity contribution in [3.63, 3.8) is 0 Å². The van der Waals surface area contributed by atoms with Gasteiger partial charge in [-0.1, -0.05) is 13.8 Å². The highest BCUT2D eigenvalue weighted by Crippen LogP contribution is 2.19. The minimum absolute atomic E-state index is 0.000833. The zero-order chi connectivity index (χ0) is 8.91. The van der Waals surface area contributed by atoms with E-state index >= 15 is 0 Å². The summed E-state index contributed by atoms with van der Waals surface area (Å²) in [6.07, 6.45) is 0.000833. The maximum atomic E-state index is 10.2. The largest absolute Gasteiger partial charge is 0.481 e. The zero-order valence-corrected chi connectivity index (χ0v) is 6.66. The molecule has 0 rings (SSSR count). The molecule has 0 heterocycles. The summed E-state index contributed by atoms with van der Waals surface area (Å²) in [5.74, 6) is -0.885. The topological polar surface area (TPSA) is 63.6 Å². The molecule has 0 aromatic rings. The van der Waals surface area contributed by atoms with Gasteiger partial charge in [0.25, 0.3) is 6.47 Å². The van der Waals surface area contributed by atoms with Crippen LogP contribution in [-0.4, -0.2) is 24.2 Å². The van der Waals surface area contributed by atoms with Crippen molar-refractivity contribution < 1.29 is 19.4 Å². The van der Waals surface area contributed by atoms with E-state index in [1.807, 2.05) is 0 Å². The molecule has 0 saturated heterocycles. The van der Waals surface area contributed by atoms with E-state index in [-0.39, 0.29) is 13.0 Å². The molecule has 0 bridgehead atoms. The molecule has 0 amide bonds. The van der Waals surface area contributed by atoms with Crippen molar-refractivity contribution in [3.8, 4) is 0 Å². The second-order valence-corrected chi connectivity index (χ2v) is 3.14. The number of aliphatic carboxylic acids is 1. The lowest BCUT2D eigenvalue weighted by molar-refractivity contribution is -0.142. The number of carboxylic acid groups (broad SMARTS) is 1. The molecule has 0 aliphatic rings. The quantitative estimate of drug-likeness (QED) is 0.600. The Hall–Kier alpha value is -1.06. The highest BCUT2D eigenvalue weighted by atomic mass is 16.5. The van der Waals surface area contributed by atoms with E-state index in [1.165, 1.54) is 0 Å². The molecule has 0 atom stereocenters. The van der Waals surface area contributed by atoms with Crippen LogP contribution in [-0.2, 0) is 14.3 Å². The highest BCUT2D eigenvalue weighted by molar-refractivity contribution is 5.67. The fraction of sp³-hybridized carbons (Fsp3) is 0.714. The molecular weight excluding hydrogens is 148 g/mol. The zero-order valence-electron chi connectivity index (χ0n) is 6.66. The van der Waals surface area contributed by atoms with Crippen molar-refractivity contribution in [1.29, 1.82) is 0 Å². The van der Waals surface area contributed by atoms with E-state index in [0.29, 0.717) is 6.47 Å². The third-order valence-electron chi connectivity index (χ3n) is 1.17. The molecule has 1 N–H and O–H groups in total. The second kappa shape index (κ2) is 3.95. The van der Waals surface area contributed by atoms with Gasteiger partial charge in [0.1, 0.15) is 0 Å². The Morgan fingerprint density at radius 1 is 1.64 bits per heavy atom. The first-order valence-corrected chi connectivity index (χ1v) is 3.25. The van der Waals surface area contributed by atoms with Crippen molar-refractivity contribution in [2.75, 3.05) is 6.61 Å². The Labute approximate surface area is 65.2 Å². The van der Waals surface area contributed by atoms with Crippen molar-refractivity contribution >= 4 is 12.4 Å². The predicted molar refractivity (Wildman–Crippen MR) is 38.0 cm³/mol. The van der Waals surface area contributed by atoms with Gasteiger partial charge in [-0.05, 0) is 0 Å². The van der Waals surface area contributed by atoms with Gasteiger partial charge in [0.2, 0.25) is 0 Å². The van der Waals surface area contributed by atoms with Crippen LogP contribution in [0.15, 0.2) is 0 Å². The van der Waals surface area contributed by atoms with Gasteiger partial charge in [0.05, 0.1) is 13.0 Å². The summed E-state index contributed by atoms with van der Waals surface area (Å²) in [7, 11) is 0. The van der Waals surface area contributed by atoms with Crippen molar-refractivity contribution in [3.05, 3.63) is 0 Å². The minimum Gasteiger partial charge on any atom is -0.481 e. The summed E-state index contributed by atoms with van der Waals surface area (Å²) in [4.78, 5) is 20.0. The van der Waals surface area contributed by atoms with E-state index < -0.39 is 11.4 Å². The fourth-order valence-corrected chi connectivity index (χ4v) is 0.720. The van der Waals surface area contributed by atoms with Gasteiger partial charge in [-0.2, -0.15) is 0 Å². The molecule has 0 aliphatic heterocycles. The fourth-order valence-electron chi connectivity index (χ4n) is 0.720. The smallest absolute Gasteiger partial charge is 0.304 e. The molecule has 0 radical (unpaired) electrons. The van der Waals surface area contributed by atoms with Crippen molar-refractivity contribution in [2.45, 2.75) is 20.3 Å². The number of hydrogen-bond acceptors (Lipinski definition) is 3. The Kier molecular flexibility index (Phi) is 3.57. The van der Waals surface area contributed by atoms with Crippen LogP contribution in [0.3, 0.4) is 0 Å². The van der Waals surface area contributed by atoms with Gasteiger partial charge in [-0.15, -0.1) is 0 Å². The van der Waals surface area contributed by atoms with Crippen LogP contribution in [0.4, 0.5) is 0 Å². The Bertz CT molecular complexity index is 151. The van der Waals surface area contributed by atoms with E-state index in [9.17, 15) is 9.59 Å². The molecule has 0 fully saturated rings. The average molecular weight is 160 g/mol. The third kappa shape index (κ3) is 5.39. The number of hydrogen-bond donors (Lipinski definition) is 1. The number of carbonyl (C=O) groups is 2. The number of ether oxygens (including phenoxy) is 1. The Balaban J connectivity index is 3.78.